The number of aromatic nitrogens is 3. The lowest BCUT2D eigenvalue weighted by Crippen LogP contribution is -2.55. The van der Waals surface area contributed by atoms with E-state index in [-0.39, 0.29) is 17.7 Å². The summed E-state index contributed by atoms with van der Waals surface area (Å²) in [7, 11) is 1.73. The second-order valence-corrected chi connectivity index (χ2v) is 8.59. The highest BCUT2D eigenvalue weighted by Gasteiger charge is 2.35. The highest BCUT2D eigenvalue weighted by atomic mass is 79.9. The Labute approximate surface area is 165 Å². The van der Waals surface area contributed by atoms with Gasteiger partial charge in [-0.25, -0.2) is 19.7 Å². The van der Waals surface area contributed by atoms with Crippen LogP contribution in [-0.4, -0.2) is 57.7 Å². The topological polar surface area (TPSA) is 71.5 Å². The van der Waals surface area contributed by atoms with Gasteiger partial charge >= 0.3 is 6.09 Å². The van der Waals surface area contributed by atoms with E-state index in [0.29, 0.717) is 35.2 Å². The first-order valence-corrected chi connectivity index (χ1v) is 9.42. The molecule has 7 nitrogen and oxygen atoms in total. The number of carbonyl (C=O) groups excluding carboxylic acids is 1. The Morgan fingerprint density at radius 3 is 2.65 bits per heavy atom. The van der Waals surface area contributed by atoms with Crippen LogP contribution in [-0.2, 0) is 4.74 Å². The van der Waals surface area contributed by atoms with Crippen molar-refractivity contribution in [3.05, 3.63) is 21.4 Å². The van der Waals surface area contributed by atoms with Gasteiger partial charge in [-0.3, -0.25) is 0 Å². The second-order valence-electron chi connectivity index (χ2n) is 7.38. The fourth-order valence-corrected chi connectivity index (χ4v) is 2.99. The zero-order valence-electron chi connectivity index (χ0n) is 15.4. The first kappa shape index (κ1) is 19.1. The van der Waals surface area contributed by atoms with Crippen LogP contribution >= 0.6 is 27.5 Å². The van der Waals surface area contributed by atoms with E-state index >= 15 is 0 Å². The molecule has 1 aliphatic heterocycles. The average molecular weight is 443 g/mol. The predicted octanol–water partition coefficient (Wildman–Crippen LogP) is 3.80. The molecule has 3 heterocycles. The fraction of sp³-hybridized carbons (Fsp3) is 0.529. The molecule has 26 heavy (non-hydrogen) atoms. The summed E-state index contributed by atoms with van der Waals surface area (Å²) in [5, 5.41) is 0.317. The molecule has 0 saturated carbocycles. The molecule has 2 aromatic heterocycles. The number of hydrogen-bond acceptors (Lipinski definition) is 6. The summed E-state index contributed by atoms with van der Waals surface area (Å²) in [6, 6.07) is 0. The Hall–Kier alpha value is -1.67. The van der Waals surface area contributed by atoms with Crippen molar-refractivity contribution in [2.45, 2.75) is 39.3 Å². The Balaban J connectivity index is 1.70. The van der Waals surface area contributed by atoms with Crippen molar-refractivity contribution in [3.8, 4) is 0 Å². The third kappa shape index (κ3) is 3.57. The maximum Gasteiger partial charge on any atom is 0.410 e. The molecule has 140 valence electrons. The van der Waals surface area contributed by atoms with Crippen LogP contribution in [0.1, 0.15) is 26.3 Å². The smallest absolute Gasteiger partial charge is 0.410 e. The van der Waals surface area contributed by atoms with Crippen molar-refractivity contribution < 1.29 is 9.53 Å². The van der Waals surface area contributed by atoms with Crippen molar-refractivity contribution in [1.82, 2.24) is 19.9 Å². The van der Waals surface area contributed by atoms with Gasteiger partial charge in [-0.15, -0.1) is 0 Å². The van der Waals surface area contributed by atoms with Gasteiger partial charge in [0.1, 0.15) is 11.6 Å². The largest absolute Gasteiger partial charge is 0.442 e. The monoisotopic (exact) mass is 441 g/mol. The molecule has 0 N–H and O–H groups in total. The van der Waals surface area contributed by atoms with E-state index in [1.807, 2.05) is 32.6 Å². The molecular weight excluding hydrogens is 422 g/mol. The molecule has 0 unspecified atom stereocenters. The number of rotatable bonds is 2. The van der Waals surface area contributed by atoms with Crippen molar-refractivity contribution >= 4 is 50.6 Å². The van der Waals surface area contributed by atoms with Crippen LogP contribution in [0.2, 0.25) is 5.15 Å². The van der Waals surface area contributed by atoms with E-state index in [0.717, 1.165) is 10.0 Å². The number of halogens is 2. The van der Waals surface area contributed by atoms with Gasteiger partial charge < -0.3 is 14.5 Å². The van der Waals surface area contributed by atoms with Crippen LogP contribution in [0.25, 0.3) is 11.2 Å². The van der Waals surface area contributed by atoms with Crippen molar-refractivity contribution in [2.24, 2.45) is 0 Å². The van der Waals surface area contributed by atoms with E-state index in [1.54, 1.807) is 18.1 Å². The van der Waals surface area contributed by atoms with Gasteiger partial charge in [-0.05, 0) is 49.2 Å². The van der Waals surface area contributed by atoms with E-state index in [9.17, 15) is 4.79 Å². The van der Waals surface area contributed by atoms with Gasteiger partial charge in [0.25, 0.3) is 0 Å². The van der Waals surface area contributed by atoms with Gasteiger partial charge in [0, 0.05) is 23.3 Å². The molecule has 1 aliphatic rings. The summed E-state index contributed by atoms with van der Waals surface area (Å²) in [5.41, 5.74) is 1.86. The van der Waals surface area contributed by atoms with Gasteiger partial charge in [0.2, 0.25) is 0 Å². The normalized spacial score (nSPS) is 15.1. The molecule has 2 aromatic rings. The molecule has 0 radical (unpaired) electrons. The SMILES string of the molecule is Cc1c(Br)cnc2nc(N3CC(OC(=O)N(C)C(C)(C)C)C3)c(Cl)nc12. The van der Waals surface area contributed by atoms with Crippen LogP contribution in [0.4, 0.5) is 10.6 Å². The summed E-state index contributed by atoms with van der Waals surface area (Å²) >= 11 is 9.76. The van der Waals surface area contributed by atoms with Crippen molar-refractivity contribution in [2.75, 3.05) is 25.0 Å². The molecule has 1 amide bonds. The standard InChI is InChI=1S/C17H21BrClN5O2/c1-9-11(18)6-20-14-12(9)21-13(19)15(22-14)24-7-10(8-24)26-16(25)23(5)17(2,3)4/h6,10H,7-8H2,1-5H3. The number of hydrogen-bond donors (Lipinski definition) is 0. The Bertz CT molecular complexity index is 864. The first-order valence-electron chi connectivity index (χ1n) is 8.25. The maximum absolute atomic E-state index is 12.2. The fourth-order valence-electron chi connectivity index (χ4n) is 2.45. The van der Waals surface area contributed by atoms with Gasteiger partial charge in [-0.1, -0.05) is 11.6 Å². The molecule has 0 atom stereocenters. The zero-order valence-corrected chi connectivity index (χ0v) is 17.7. The molecule has 1 saturated heterocycles. The number of pyridine rings is 1. The number of amides is 1. The number of ether oxygens (including phenoxy) is 1. The third-order valence-electron chi connectivity index (χ3n) is 4.53. The van der Waals surface area contributed by atoms with Crippen LogP contribution in [0, 0.1) is 6.92 Å². The van der Waals surface area contributed by atoms with Crippen LogP contribution < -0.4 is 4.90 Å². The van der Waals surface area contributed by atoms with E-state index in [2.05, 4.69) is 30.9 Å². The van der Waals surface area contributed by atoms with Crippen LogP contribution in [0.5, 0.6) is 0 Å². The molecule has 0 aliphatic carbocycles. The number of nitrogens with zero attached hydrogens (tertiary/aromatic N) is 5. The highest BCUT2D eigenvalue weighted by molar-refractivity contribution is 9.10. The van der Waals surface area contributed by atoms with Gasteiger partial charge in [0.15, 0.2) is 16.6 Å². The lowest BCUT2D eigenvalue weighted by atomic mass is 10.1. The molecule has 0 spiro atoms. The summed E-state index contributed by atoms with van der Waals surface area (Å²) in [6.45, 7) is 8.86. The van der Waals surface area contributed by atoms with Crippen molar-refractivity contribution in [3.63, 3.8) is 0 Å². The number of carbonyl (C=O) groups is 1. The lowest BCUT2D eigenvalue weighted by Gasteiger charge is -2.41. The van der Waals surface area contributed by atoms with Crippen LogP contribution in [0.15, 0.2) is 10.7 Å². The minimum Gasteiger partial charge on any atom is -0.442 e. The molecule has 0 bridgehead atoms. The first-order chi connectivity index (χ1) is 12.1. The second kappa shape index (κ2) is 6.81. The summed E-state index contributed by atoms with van der Waals surface area (Å²) in [6.07, 6.45) is 1.17. The maximum atomic E-state index is 12.2. The lowest BCUT2D eigenvalue weighted by molar-refractivity contribution is 0.0365. The Morgan fingerprint density at radius 2 is 2.04 bits per heavy atom. The van der Waals surface area contributed by atoms with Gasteiger partial charge in [0.05, 0.1) is 13.1 Å². The molecule has 1 fully saturated rings. The Morgan fingerprint density at radius 1 is 1.38 bits per heavy atom. The quantitative estimate of drug-likeness (QED) is 0.704. The van der Waals surface area contributed by atoms with Gasteiger partial charge in [-0.2, -0.15) is 0 Å². The minimum atomic E-state index is -0.333. The van der Waals surface area contributed by atoms with Crippen molar-refractivity contribution in [1.29, 1.82) is 0 Å². The average Bonchev–Trinajstić information content (AvgIpc) is 2.53. The van der Waals surface area contributed by atoms with Crippen LogP contribution in [0.3, 0.4) is 0 Å². The predicted molar refractivity (Wildman–Crippen MR) is 105 cm³/mol. The minimum absolute atomic E-state index is 0.194. The molecule has 0 aromatic carbocycles. The number of fused-ring (bicyclic) bond motifs is 1. The number of anilines is 1. The molecule has 9 heteroatoms. The van der Waals surface area contributed by atoms with E-state index in [1.165, 1.54) is 0 Å². The Kier molecular flexibility index (Phi) is 5.00. The summed E-state index contributed by atoms with van der Waals surface area (Å²) in [4.78, 5) is 29.0. The summed E-state index contributed by atoms with van der Waals surface area (Å²) < 4.78 is 6.38. The van der Waals surface area contributed by atoms with E-state index in [4.69, 9.17) is 16.3 Å². The van der Waals surface area contributed by atoms with E-state index < -0.39 is 0 Å². The number of aryl methyl sites for hydroxylation is 1. The third-order valence-corrected chi connectivity index (χ3v) is 5.58. The molecule has 3 rings (SSSR count). The summed E-state index contributed by atoms with van der Waals surface area (Å²) in [5.74, 6) is 0.560. The highest BCUT2D eigenvalue weighted by Crippen LogP contribution is 2.31. The zero-order chi connectivity index (χ0) is 19.2. The molecular formula is C17H21BrClN5O2.